The van der Waals surface area contributed by atoms with Gasteiger partial charge in [0.25, 0.3) is 0 Å². The first kappa shape index (κ1) is 10.2. The first-order chi connectivity index (χ1) is 6.75. The second-order valence-electron chi connectivity index (χ2n) is 2.84. The Morgan fingerprint density at radius 3 is 2.93 bits per heavy atom. The summed E-state index contributed by atoms with van der Waals surface area (Å²) in [5.41, 5.74) is 0.509. The summed E-state index contributed by atoms with van der Waals surface area (Å²) in [6.07, 6.45) is 2.09. The van der Waals surface area contributed by atoms with Gasteiger partial charge in [-0.1, -0.05) is 6.07 Å². The fourth-order valence-electron chi connectivity index (χ4n) is 1.19. The smallest absolute Gasteiger partial charge is 0.312 e. The zero-order valence-corrected chi connectivity index (χ0v) is 7.55. The van der Waals surface area contributed by atoms with E-state index in [4.69, 9.17) is 10.4 Å². The van der Waals surface area contributed by atoms with Crippen molar-refractivity contribution in [3.63, 3.8) is 0 Å². The van der Waals surface area contributed by atoms with Crippen LogP contribution in [-0.2, 0) is 4.79 Å². The fourth-order valence-corrected chi connectivity index (χ4v) is 1.19. The number of carboxylic acids is 1. The predicted molar refractivity (Wildman–Crippen MR) is 49.5 cm³/mol. The number of hydrogen-bond acceptors (Lipinski definition) is 3. The molecule has 0 amide bonds. The summed E-state index contributed by atoms with van der Waals surface area (Å²) in [5.74, 6) is -1.60. The van der Waals surface area contributed by atoms with Gasteiger partial charge in [0.05, 0.1) is 17.7 Å². The minimum Gasteiger partial charge on any atom is -0.481 e. The third kappa shape index (κ3) is 2.56. The summed E-state index contributed by atoms with van der Waals surface area (Å²) in [4.78, 5) is 14.8. The summed E-state index contributed by atoms with van der Waals surface area (Å²) in [6, 6.07) is 7.06. The van der Waals surface area contributed by atoms with Crippen molar-refractivity contribution in [1.29, 1.82) is 5.26 Å². The Morgan fingerprint density at radius 2 is 2.43 bits per heavy atom. The van der Waals surface area contributed by atoms with E-state index in [1.807, 2.05) is 6.07 Å². The molecule has 1 aromatic heterocycles. The Hall–Kier alpha value is -1.89. The summed E-state index contributed by atoms with van der Waals surface area (Å²) < 4.78 is 0. The van der Waals surface area contributed by atoms with Crippen LogP contribution in [0.2, 0.25) is 0 Å². The summed E-state index contributed by atoms with van der Waals surface area (Å²) in [6.45, 7) is 0. The van der Waals surface area contributed by atoms with Crippen molar-refractivity contribution >= 4 is 5.97 Å². The highest BCUT2D eigenvalue weighted by molar-refractivity contribution is 5.75. The van der Waals surface area contributed by atoms with Crippen molar-refractivity contribution in [2.24, 2.45) is 0 Å². The van der Waals surface area contributed by atoms with E-state index < -0.39 is 11.9 Å². The standard InChI is InChI=1S/C10H10N2O2/c11-6-3-4-8(10(13)14)9-5-1-2-7-12-9/h1-2,5,7-8H,3-4H2,(H,13,14). The topological polar surface area (TPSA) is 74.0 Å². The maximum Gasteiger partial charge on any atom is 0.312 e. The molecule has 0 aliphatic carbocycles. The van der Waals surface area contributed by atoms with E-state index in [1.54, 1.807) is 24.4 Å². The highest BCUT2D eigenvalue weighted by atomic mass is 16.4. The third-order valence-electron chi connectivity index (χ3n) is 1.89. The van der Waals surface area contributed by atoms with Gasteiger partial charge in [-0.05, 0) is 18.6 Å². The van der Waals surface area contributed by atoms with Crippen molar-refractivity contribution < 1.29 is 9.90 Å². The molecule has 1 unspecified atom stereocenters. The van der Waals surface area contributed by atoms with Crippen molar-refractivity contribution in [2.75, 3.05) is 0 Å². The maximum absolute atomic E-state index is 10.9. The van der Waals surface area contributed by atoms with Crippen molar-refractivity contribution in [3.05, 3.63) is 30.1 Å². The van der Waals surface area contributed by atoms with Gasteiger partial charge in [-0.25, -0.2) is 0 Å². The van der Waals surface area contributed by atoms with Gasteiger partial charge in [0, 0.05) is 12.6 Å². The van der Waals surface area contributed by atoms with Gasteiger partial charge in [0.2, 0.25) is 0 Å². The number of nitriles is 1. The lowest BCUT2D eigenvalue weighted by Crippen LogP contribution is -2.12. The Kier molecular flexibility index (Phi) is 3.62. The van der Waals surface area contributed by atoms with Crippen LogP contribution in [0.3, 0.4) is 0 Å². The molecule has 72 valence electrons. The Balaban J connectivity index is 2.79. The van der Waals surface area contributed by atoms with Gasteiger partial charge in [0.1, 0.15) is 0 Å². The molecule has 0 fully saturated rings. The molecule has 1 rings (SSSR count). The molecule has 0 saturated carbocycles. The summed E-state index contributed by atoms with van der Waals surface area (Å²) >= 11 is 0. The average Bonchev–Trinajstić information content (AvgIpc) is 2.19. The van der Waals surface area contributed by atoms with E-state index in [2.05, 4.69) is 4.98 Å². The lowest BCUT2D eigenvalue weighted by Gasteiger charge is -2.08. The van der Waals surface area contributed by atoms with Gasteiger partial charge in [-0.3, -0.25) is 9.78 Å². The van der Waals surface area contributed by atoms with Crippen LogP contribution < -0.4 is 0 Å². The van der Waals surface area contributed by atoms with E-state index >= 15 is 0 Å². The van der Waals surface area contributed by atoms with Crippen LogP contribution in [0.1, 0.15) is 24.5 Å². The zero-order chi connectivity index (χ0) is 10.4. The zero-order valence-electron chi connectivity index (χ0n) is 7.55. The van der Waals surface area contributed by atoms with Crippen LogP contribution in [0.4, 0.5) is 0 Å². The first-order valence-corrected chi connectivity index (χ1v) is 4.26. The molecule has 0 aliphatic heterocycles. The number of nitrogens with zero attached hydrogens (tertiary/aromatic N) is 2. The van der Waals surface area contributed by atoms with Crippen LogP contribution in [0.15, 0.2) is 24.4 Å². The number of carbonyl (C=O) groups is 1. The monoisotopic (exact) mass is 190 g/mol. The molecule has 1 aromatic rings. The molecule has 0 aliphatic rings. The Labute approximate surface area is 81.8 Å². The third-order valence-corrected chi connectivity index (χ3v) is 1.89. The van der Waals surface area contributed by atoms with Crippen molar-refractivity contribution in [3.8, 4) is 6.07 Å². The van der Waals surface area contributed by atoms with Crippen molar-refractivity contribution in [1.82, 2.24) is 4.98 Å². The minimum absolute atomic E-state index is 0.230. The highest BCUT2D eigenvalue weighted by Gasteiger charge is 2.19. The highest BCUT2D eigenvalue weighted by Crippen LogP contribution is 2.18. The summed E-state index contributed by atoms with van der Waals surface area (Å²) in [7, 11) is 0. The number of pyridine rings is 1. The van der Waals surface area contributed by atoms with Crippen LogP contribution >= 0.6 is 0 Å². The minimum atomic E-state index is -0.932. The average molecular weight is 190 g/mol. The number of aliphatic carboxylic acids is 1. The van der Waals surface area contributed by atoms with E-state index in [1.165, 1.54) is 0 Å². The molecule has 4 heteroatoms. The molecule has 0 saturated heterocycles. The number of rotatable bonds is 4. The molecule has 4 nitrogen and oxygen atoms in total. The molecule has 0 spiro atoms. The largest absolute Gasteiger partial charge is 0.481 e. The van der Waals surface area contributed by atoms with E-state index in [-0.39, 0.29) is 6.42 Å². The number of aromatic nitrogens is 1. The van der Waals surface area contributed by atoms with Crippen LogP contribution in [-0.4, -0.2) is 16.1 Å². The predicted octanol–water partition coefficient (Wildman–Crippen LogP) is 1.55. The molecule has 0 aromatic carbocycles. The first-order valence-electron chi connectivity index (χ1n) is 4.26. The number of hydrogen-bond donors (Lipinski definition) is 1. The quantitative estimate of drug-likeness (QED) is 0.781. The lowest BCUT2D eigenvalue weighted by atomic mass is 9.99. The normalized spacial score (nSPS) is 11.6. The Morgan fingerprint density at radius 1 is 1.64 bits per heavy atom. The molecule has 1 atom stereocenters. The second kappa shape index (κ2) is 4.97. The fraction of sp³-hybridized carbons (Fsp3) is 0.300. The molecule has 1 heterocycles. The lowest BCUT2D eigenvalue weighted by molar-refractivity contribution is -0.139. The Bertz CT molecular complexity index is 343. The number of carboxylic acid groups (broad SMARTS) is 1. The van der Waals surface area contributed by atoms with Crippen LogP contribution in [0.5, 0.6) is 0 Å². The molecular formula is C10H10N2O2. The van der Waals surface area contributed by atoms with E-state index in [0.717, 1.165) is 0 Å². The van der Waals surface area contributed by atoms with E-state index in [0.29, 0.717) is 12.1 Å². The maximum atomic E-state index is 10.9. The molecular weight excluding hydrogens is 180 g/mol. The SMILES string of the molecule is N#CCCC(C(=O)O)c1ccccn1. The molecule has 0 bridgehead atoms. The summed E-state index contributed by atoms with van der Waals surface area (Å²) in [5, 5.41) is 17.3. The van der Waals surface area contributed by atoms with Crippen LogP contribution in [0.25, 0.3) is 0 Å². The molecule has 0 radical (unpaired) electrons. The van der Waals surface area contributed by atoms with Gasteiger partial charge in [-0.15, -0.1) is 0 Å². The van der Waals surface area contributed by atoms with Crippen LogP contribution in [0, 0.1) is 11.3 Å². The van der Waals surface area contributed by atoms with Gasteiger partial charge in [-0.2, -0.15) is 5.26 Å². The van der Waals surface area contributed by atoms with Gasteiger partial charge >= 0.3 is 5.97 Å². The van der Waals surface area contributed by atoms with Gasteiger partial charge in [0.15, 0.2) is 0 Å². The van der Waals surface area contributed by atoms with Gasteiger partial charge < -0.3 is 5.11 Å². The molecule has 1 N–H and O–H groups in total. The molecule has 14 heavy (non-hydrogen) atoms. The second-order valence-corrected chi connectivity index (χ2v) is 2.84. The van der Waals surface area contributed by atoms with Crippen molar-refractivity contribution in [2.45, 2.75) is 18.8 Å². The van der Waals surface area contributed by atoms with E-state index in [9.17, 15) is 4.79 Å².